The summed E-state index contributed by atoms with van der Waals surface area (Å²) < 4.78 is 24.9. The first-order valence-corrected chi connectivity index (χ1v) is 8.29. The van der Waals surface area contributed by atoms with E-state index in [2.05, 4.69) is 10.6 Å². The fourth-order valence-corrected chi connectivity index (χ4v) is 2.79. The molecule has 1 saturated heterocycles. The molecule has 1 fully saturated rings. The van der Waals surface area contributed by atoms with Gasteiger partial charge in [-0.1, -0.05) is 18.2 Å². The summed E-state index contributed by atoms with van der Waals surface area (Å²) in [6, 6.07) is 6.82. The van der Waals surface area contributed by atoms with Crippen molar-refractivity contribution >= 4 is 23.6 Å². The van der Waals surface area contributed by atoms with Gasteiger partial charge in [0.15, 0.2) is 0 Å². The van der Waals surface area contributed by atoms with Crippen molar-refractivity contribution in [1.29, 1.82) is 0 Å². The molecule has 0 aromatic heterocycles. The van der Waals surface area contributed by atoms with Gasteiger partial charge >= 0.3 is 12.0 Å². The number of piperidine rings is 1. The summed E-state index contributed by atoms with van der Waals surface area (Å²) in [4.78, 5) is 37.0. The molecule has 2 unspecified atom stereocenters. The van der Waals surface area contributed by atoms with Crippen LogP contribution in [0.3, 0.4) is 0 Å². The number of anilines is 1. The fraction of sp³-hybridized carbons (Fsp3) is 0.471. The summed E-state index contributed by atoms with van der Waals surface area (Å²) in [5.41, 5.74) is 0.618. The molecule has 0 saturated carbocycles. The van der Waals surface area contributed by atoms with Gasteiger partial charge in [-0.3, -0.25) is 4.79 Å². The number of nitrogens with zero attached hydrogens (tertiary/aromatic N) is 1. The number of hydrogen-bond donors (Lipinski definition) is 3. The average Bonchev–Trinajstić information content (AvgIpc) is 2.61. The third-order valence-electron chi connectivity index (χ3n) is 4.13. The Morgan fingerprint density at radius 2 is 1.92 bits per heavy atom. The predicted molar refractivity (Wildman–Crippen MR) is 89.9 cm³/mol. The number of carboxylic acid groups (broad SMARTS) is 1. The van der Waals surface area contributed by atoms with Crippen molar-refractivity contribution in [3.63, 3.8) is 0 Å². The van der Waals surface area contributed by atoms with Crippen molar-refractivity contribution in [3.05, 3.63) is 30.3 Å². The van der Waals surface area contributed by atoms with Crippen LogP contribution in [0, 0.1) is 5.92 Å². The van der Waals surface area contributed by atoms with Crippen LogP contribution in [0.4, 0.5) is 19.3 Å². The Bertz CT molecular complexity index is 642. The summed E-state index contributed by atoms with van der Waals surface area (Å²) in [6.45, 7) is 0.563. The van der Waals surface area contributed by atoms with Crippen molar-refractivity contribution in [2.75, 3.05) is 18.4 Å². The van der Waals surface area contributed by atoms with E-state index in [9.17, 15) is 23.2 Å². The van der Waals surface area contributed by atoms with Gasteiger partial charge in [0.1, 0.15) is 6.04 Å². The number of hydrogen-bond acceptors (Lipinski definition) is 3. The van der Waals surface area contributed by atoms with E-state index in [4.69, 9.17) is 5.11 Å². The zero-order valence-corrected chi connectivity index (χ0v) is 14.0. The zero-order valence-electron chi connectivity index (χ0n) is 14.0. The summed E-state index contributed by atoms with van der Waals surface area (Å²) in [6.07, 6.45) is -2.77. The molecule has 0 spiro atoms. The minimum atomic E-state index is -2.84. The molecule has 9 heteroatoms. The van der Waals surface area contributed by atoms with E-state index >= 15 is 0 Å². The van der Waals surface area contributed by atoms with Crippen LogP contribution in [-0.2, 0) is 9.59 Å². The highest BCUT2D eigenvalue weighted by Gasteiger charge is 2.32. The second-order valence-corrected chi connectivity index (χ2v) is 6.11. The van der Waals surface area contributed by atoms with Gasteiger partial charge in [-0.25, -0.2) is 18.4 Å². The number of carboxylic acids is 1. The lowest BCUT2D eigenvalue weighted by Crippen LogP contribution is -2.50. The van der Waals surface area contributed by atoms with Gasteiger partial charge in [-0.05, 0) is 25.0 Å². The fourth-order valence-electron chi connectivity index (χ4n) is 2.79. The topological polar surface area (TPSA) is 98.7 Å². The molecule has 7 nitrogen and oxygen atoms in total. The Morgan fingerprint density at radius 1 is 1.23 bits per heavy atom. The van der Waals surface area contributed by atoms with Crippen molar-refractivity contribution in [3.8, 4) is 0 Å². The van der Waals surface area contributed by atoms with Gasteiger partial charge in [0.25, 0.3) is 0 Å². The first-order valence-electron chi connectivity index (χ1n) is 8.29. The molecule has 1 aromatic rings. The van der Waals surface area contributed by atoms with Crippen molar-refractivity contribution in [1.82, 2.24) is 10.2 Å². The Balaban J connectivity index is 1.92. The van der Waals surface area contributed by atoms with Gasteiger partial charge < -0.3 is 20.6 Å². The number of carbonyl (C=O) groups is 3. The number of benzene rings is 1. The van der Waals surface area contributed by atoms with Crippen LogP contribution in [0.1, 0.15) is 19.3 Å². The molecule has 3 amide bonds. The average molecular weight is 369 g/mol. The molecule has 1 aliphatic heterocycles. The number of alkyl halides is 2. The predicted octanol–water partition coefficient (Wildman–Crippen LogP) is 2.16. The Labute approximate surface area is 149 Å². The lowest BCUT2D eigenvalue weighted by molar-refractivity contribution is -0.144. The van der Waals surface area contributed by atoms with Crippen LogP contribution in [0.5, 0.6) is 0 Å². The maximum absolute atomic E-state index is 12.4. The van der Waals surface area contributed by atoms with Gasteiger partial charge in [0.2, 0.25) is 12.3 Å². The summed E-state index contributed by atoms with van der Waals surface area (Å²) in [5, 5.41) is 13.8. The first kappa shape index (κ1) is 19.6. The summed E-state index contributed by atoms with van der Waals surface area (Å²) in [5.74, 6) is -2.77. The number of likely N-dealkylation sites (tertiary alicyclic amines) is 1. The maximum Gasteiger partial charge on any atom is 0.326 e. The number of rotatable bonds is 6. The molecule has 0 radical (unpaired) electrons. The highest BCUT2D eigenvalue weighted by atomic mass is 19.3. The van der Waals surface area contributed by atoms with Crippen LogP contribution in [-0.4, -0.2) is 53.5 Å². The number of aliphatic carboxylic acids is 1. The SMILES string of the molecule is O=C(NC(CC(F)F)C(=O)O)C1CCCN(C(=O)Nc2ccccc2)C1. The smallest absolute Gasteiger partial charge is 0.326 e. The molecule has 0 aliphatic carbocycles. The maximum atomic E-state index is 12.4. The van der Waals surface area contributed by atoms with Crippen molar-refractivity contribution in [2.24, 2.45) is 5.92 Å². The van der Waals surface area contributed by atoms with E-state index in [1.807, 2.05) is 6.07 Å². The number of carbonyl (C=O) groups excluding carboxylic acids is 2. The lowest BCUT2D eigenvalue weighted by atomic mass is 9.97. The normalized spacial score (nSPS) is 18.3. The molecule has 0 bridgehead atoms. The number of amides is 3. The standard InChI is InChI=1S/C17H21F2N3O4/c18-14(19)9-13(16(24)25)21-15(23)11-5-4-8-22(10-11)17(26)20-12-6-2-1-3-7-12/h1-3,6-7,11,13-14H,4-5,8-10H2,(H,20,26)(H,21,23)(H,24,25). The van der Waals surface area contributed by atoms with Gasteiger partial charge in [-0.2, -0.15) is 0 Å². The van der Waals surface area contributed by atoms with Crippen LogP contribution in [0.25, 0.3) is 0 Å². The van der Waals surface area contributed by atoms with Crippen LogP contribution < -0.4 is 10.6 Å². The molecule has 142 valence electrons. The van der Waals surface area contributed by atoms with Gasteiger partial charge in [-0.15, -0.1) is 0 Å². The second-order valence-electron chi connectivity index (χ2n) is 6.11. The largest absolute Gasteiger partial charge is 0.480 e. The molecule has 2 atom stereocenters. The van der Waals surface area contributed by atoms with Crippen molar-refractivity contribution < 1.29 is 28.3 Å². The number of urea groups is 1. The Hall–Kier alpha value is -2.71. The van der Waals surface area contributed by atoms with Crippen LogP contribution in [0.2, 0.25) is 0 Å². The minimum absolute atomic E-state index is 0.103. The van der Waals surface area contributed by atoms with E-state index in [-0.39, 0.29) is 12.6 Å². The minimum Gasteiger partial charge on any atom is -0.480 e. The van der Waals surface area contributed by atoms with Gasteiger partial charge in [0.05, 0.1) is 5.92 Å². The highest BCUT2D eigenvalue weighted by molar-refractivity contribution is 5.90. The number of nitrogens with one attached hydrogen (secondary N) is 2. The van der Waals surface area contributed by atoms with Gasteiger partial charge in [0, 0.05) is 25.2 Å². The molecule has 1 aliphatic rings. The molecular weight excluding hydrogens is 348 g/mol. The molecule has 2 rings (SSSR count). The summed E-state index contributed by atoms with van der Waals surface area (Å²) in [7, 11) is 0. The van der Waals surface area contributed by atoms with Crippen LogP contribution >= 0.6 is 0 Å². The van der Waals surface area contributed by atoms with E-state index < -0.39 is 36.7 Å². The first-order chi connectivity index (χ1) is 12.4. The van der Waals surface area contributed by atoms with E-state index in [1.54, 1.807) is 24.3 Å². The summed E-state index contributed by atoms with van der Waals surface area (Å²) >= 11 is 0. The monoisotopic (exact) mass is 369 g/mol. The second kappa shape index (κ2) is 9.12. The third kappa shape index (κ3) is 5.68. The molecule has 1 heterocycles. The quantitative estimate of drug-likeness (QED) is 0.716. The molecular formula is C17H21F2N3O4. The molecule has 3 N–H and O–H groups in total. The Morgan fingerprint density at radius 3 is 2.54 bits per heavy atom. The number of para-hydroxylation sites is 1. The van der Waals surface area contributed by atoms with E-state index in [0.29, 0.717) is 25.1 Å². The van der Waals surface area contributed by atoms with Crippen molar-refractivity contribution in [2.45, 2.75) is 31.7 Å². The van der Waals surface area contributed by atoms with E-state index in [1.165, 1.54) is 4.90 Å². The van der Waals surface area contributed by atoms with E-state index in [0.717, 1.165) is 0 Å². The van der Waals surface area contributed by atoms with Crippen LogP contribution in [0.15, 0.2) is 30.3 Å². The number of halogens is 2. The zero-order chi connectivity index (χ0) is 19.1. The lowest BCUT2D eigenvalue weighted by Gasteiger charge is -2.32. The molecule has 26 heavy (non-hydrogen) atoms. The molecule has 1 aromatic carbocycles. The highest BCUT2D eigenvalue weighted by Crippen LogP contribution is 2.19. The Kier molecular flexibility index (Phi) is 6.88. The third-order valence-corrected chi connectivity index (χ3v) is 4.13.